The van der Waals surface area contributed by atoms with Gasteiger partial charge in [0.1, 0.15) is 5.82 Å². The Morgan fingerprint density at radius 1 is 1.28 bits per heavy atom. The van der Waals surface area contributed by atoms with Crippen molar-refractivity contribution in [3.05, 3.63) is 40.4 Å². The molecule has 0 spiro atoms. The average Bonchev–Trinajstić information content (AvgIpc) is 3.32. The number of aromatic nitrogens is 2. The lowest BCUT2D eigenvalue weighted by molar-refractivity contribution is -0.121. The average molecular weight is 341 g/mol. The molecular formula is C19H23N3O3. The lowest BCUT2D eigenvalue weighted by Crippen LogP contribution is -2.32. The van der Waals surface area contributed by atoms with E-state index in [1.165, 1.54) is 0 Å². The number of benzene rings is 1. The Hall–Kier alpha value is -2.21. The van der Waals surface area contributed by atoms with Crippen LogP contribution in [0.1, 0.15) is 44.0 Å². The lowest BCUT2D eigenvalue weighted by atomic mass is 10.2. The van der Waals surface area contributed by atoms with Gasteiger partial charge in [-0.05, 0) is 37.8 Å². The first-order chi connectivity index (χ1) is 12.2. The maximum atomic E-state index is 12.8. The Morgan fingerprint density at radius 3 is 2.88 bits per heavy atom. The Labute approximate surface area is 146 Å². The third-order valence-corrected chi connectivity index (χ3v) is 4.92. The monoisotopic (exact) mass is 341 g/mol. The van der Waals surface area contributed by atoms with Crippen LogP contribution in [0.15, 0.2) is 29.1 Å². The standard InChI is InChI=1S/C19H23N3O3/c23-18(20-12-14-4-3-11-25-14)10-9-17-21-16-6-2-1-5-15(16)19(24)22(17)13-7-8-13/h1-2,5-6,13-14H,3-4,7-12H2,(H,20,23)/t14-/m1/s1. The Kier molecular flexibility index (Phi) is 4.53. The fraction of sp³-hybridized carbons (Fsp3) is 0.526. The summed E-state index contributed by atoms with van der Waals surface area (Å²) in [6, 6.07) is 7.67. The molecule has 1 saturated heterocycles. The molecule has 0 bridgehead atoms. The van der Waals surface area contributed by atoms with Gasteiger partial charge in [-0.15, -0.1) is 0 Å². The zero-order valence-corrected chi connectivity index (χ0v) is 14.2. The summed E-state index contributed by atoms with van der Waals surface area (Å²) in [4.78, 5) is 29.6. The molecule has 1 amide bonds. The van der Waals surface area contributed by atoms with E-state index >= 15 is 0 Å². The van der Waals surface area contributed by atoms with Gasteiger partial charge >= 0.3 is 0 Å². The van der Waals surface area contributed by atoms with Crippen molar-refractivity contribution in [1.82, 2.24) is 14.9 Å². The number of ether oxygens (including phenoxy) is 1. The number of carbonyl (C=O) groups excluding carboxylic acids is 1. The van der Waals surface area contributed by atoms with Crippen LogP contribution in [0.2, 0.25) is 0 Å². The second-order valence-corrected chi connectivity index (χ2v) is 6.89. The van der Waals surface area contributed by atoms with Crippen LogP contribution in [0.5, 0.6) is 0 Å². The van der Waals surface area contributed by atoms with E-state index < -0.39 is 0 Å². The number of amides is 1. The fourth-order valence-corrected chi connectivity index (χ4v) is 3.42. The van der Waals surface area contributed by atoms with Crippen molar-refractivity contribution in [1.29, 1.82) is 0 Å². The first kappa shape index (κ1) is 16.3. The van der Waals surface area contributed by atoms with E-state index in [1.54, 1.807) is 4.57 Å². The lowest BCUT2D eigenvalue weighted by Gasteiger charge is -2.14. The minimum atomic E-state index is -0.0137. The fourth-order valence-electron chi connectivity index (χ4n) is 3.42. The second kappa shape index (κ2) is 6.96. The number of para-hydroxylation sites is 1. The molecule has 6 nitrogen and oxygen atoms in total. The van der Waals surface area contributed by atoms with Gasteiger partial charge < -0.3 is 10.1 Å². The van der Waals surface area contributed by atoms with Crippen molar-refractivity contribution < 1.29 is 9.53 Å². The van der Waals surface area contributed by atoms with Gasteiger partial charge in [0.2, 0.25) is 5.91 Å². The molecule has 0 unspecified atom stereocenters. The normalized spacial score (nSPS) is 20.1. The van der Waals surface area contributed by atoms with E-state index in [4.69, 9.17) is 4.74 Å². The molecular weight excluding hydrogens is 318 g/mol. The number of nitrogens with one attached hydrogen (secondary N) is 1. The van der Waals surface area contributed by atoms with E-state index in [9.17, 15) is 9.59 Å². The topological polar surface area (TPSA) is 73.2 Å². The summed E-state index contributed by atoms with van der Waals surface area (Å²) < 4.78 is 7.32. The molecule has 1 aliphatic heterocycles. The van der Waals surface area contributed by atoms with Crippen LogP contribution < -0.4 is 10.9 Å². The first-order valence-electron chi connectivity index (χ1n) is 9.11. The number of hydrogen-bond acceptors (Lipinski definition) is 4. The van der Waals surface area contributed by atoms with E-state index in [0.29, 0.717) is 30.3 Å². The Morgan fingerprint density at radius 2 is 2.12 bits per heavy atom. The number of carbonyl (C=O) groups is 1. The van der Waals surface area contributed by atoms with Crippen molar-refractivity contribution in [2.75, 3.05) is 13.2 Å². The molecule has 25 heavy (non-hydrogen) atoms. The molecule has 1 aromatic heterocycles. The van der Waals surface area contributed by atoms with Gasteiger partial charge in [-0.3, -0.25) is 14.2 Å². The van der Waals surface area contributed by atoms with Gasteiger partial charge in [-0.2, -0.15) is 0 Å². The van der Waals surface area contributed by atoms with Crippen LogP contribution in [-0.2, 0) is 16.0 Å². The molecule has 1 aliphatic carbocycles. The van der Waals surface area contributed by atoms with E-state index in [0.717, 1.165) is 38.1 Å². The summed E-state index contributed by atoms with van der Waals surface area (Å²) >= 11 is 0. The predicted molar refractivity (Wildman–Crippen MR) is 94.6 cm³/mol. The second-order valence-electron chi connectivity index (χ2n) is 6.89. The van der Waals surface area contributed by atoms with Crippen molar-refractivity contribution in [3.63, 3.8) is 0 Å². The highest BCUT2D eigenvalue weighted by molar-refractivity contribution is 5.78. The molecule has 0 radical (unpaired) electrons. The van der Waals surface area contributed by atoms with Crippen molar-refractivity contribution >= 4 is 16.8 Å². The minimum absolute atomic E-state index is 0.0137. The van der Waals surface area contributed by atoms with Crippen molar-refractivity contribution in [2.45, 2.75) is 50.7 Å². The summed E-state index contributed by atoms with van der Waals surface area (Å²) in [6.45, 7) is 1.36. The maximum Gasteiger partial charge on any atom is 0.261 e. The van der Waals surface area contributed by atoms with Crippen LogP contribution >= 0.6 is 0 Å². The Bertz CT molecular complexity index is 835. The molecule has 1 atom stereocenters. The number of nitrogens with zero attached hydrogens (tertiary/aromatic N) is 2. The molecule has 2 heterocycles. The first-order valence-corrected chi connectivity index (χ1v) is 9.11. The molecule has 1 saturated carbocycles. The van der Waals surface area contributed by atoms with Crippen LogP contribution in [0.4, 0.5) is 0 Å². The molecule has 132 valence electrons. The Balaban J connectivity index is 1.47. The largest absolute Gasteiger partial charge is 0.376 e. The summed E-state index contributed by atoms with van der Waals surface area (Å²) in [5.74, 6) is 0.707. The van der Waals surface area contributed by atoms with E-state index in [1.807, 2.05) is 24.3 Å². The van der Waals surface area contributed by atoms with Gasteiger partial charge in [-0.25, -0.2) is 4.98 Å². The van der Waals surface area contributed by atoms with Gasteiger partial charge in [0, 0.05) is 32.0 Å². The van der Waals surface area contributed by atoms with Gasteiger partial charge in [0.25, 0.3) is 5.56 Å². The zero-order chi connectivity index (χ0) is 17.2. The third-order valence-electron chi connectivity index (χ3n) is 4.92. The van der Waals surface area contributed by atoms with Crippen LogP contribution in [0.25, 0.3) is 10.9 Å². The highest BCUT2D eigenvalue weighted by atomic mass is 16.5. The molecule has 6 heteroatoms. The summed E-state index contributed by atoms with van der Waals surface area (Å²) in [5.41, 5.74) is 0.724. The maximum absolute atomic E-state index is 12.8. The highest BCUT2D eigenvalue weighted by Crippen LogP contribution is 2.34. The number of hydrogen-bond donors (Lipinski definition) is 1. The van der Waals surface area contributed by atoms with Gasteiger partial charge in [-0.1, -0.05) is 12.1 Å². The smallest absolute Gasteiger partial charge is 0.261 e. The summed E-state index contributed by atoms with van der Waals surface area (Å²) in [6.07, 6.45) is 5.06. The summed E-state index contributed by atoms with van der Waals surface area (Å²) in [7, 11) is 0. The molecule has 2 fully saturated rings. The quantitative estimate of drug-likeness (QED) is 0.872. The van der Waals surface area contributed by atoms with Crippen molar-refractivity contribution in [3.8, 4) is 0 Å². The molecule has 2 aromatic rings. The molecule has 4 rings (SSSR count). The number of aryl methyl sites for hydroxylation is 1. The predicted octanol–water partition coefficient (Wildman–Crippen LogP) is 1.96. The number of rotatable bonds is 6. The van der Waals surface area contributed by atoms with E-state index in [2.05, 4.69) is 10.3 Å². The number of fused-ring (bicyclic) bond motifs is 1. The molecule has 2 aliphatic rings. The van der Waals surface area contributed by atoms with E-state index in [-0.39, 0.29) is 23.6 Å². The molecule has 1 aromatic carbocycles. The van der Waals surface area contributed by atoms with Crippen LogP contribution in [0.3, 0.4) is 0 Å². The molecule has 1 N–H and O–H groups in total. The summed E-state index contributed by atoms with van der Waals surface area (Å²) in [5, 5.41) is 3.59. The zero-order valence-electron chi connectivity index (χ0n) is 14.2. The van der Waals surface area contributed by atoms with Gasteiger partial charge in [0.15, 0.2) is 0 Å². The van der Waals surface area contributed by atoms with Crippen LogP contribution in [-0.4, -0.2) is 34.7 Å². The van der Waals surface area contributed by atoms with Crippen molar-refractivity contribution in [2.24, 2.45) is 0 Å². The van der Waals surface area contributed by atoms with Crippen LogP contribution in [0, 0.1) is 0 Å². The third kappa shape index (κ3) is 3.58. The van der Waals surface area contributed by atoms with Gasteiger partial charge in [0.05, 0.1) is 17.0 Å². The highest BCUT2D eigenvalue weighted by Gasteiger charge is 2.28. The minimum Gasteiger partial charge on any atom is -0.376 e. The SMILES string of the molecule is O=C(CCc1nc2ccccc2c(=O)n1C1CC1)NC[C@H]1CCCO1.